The Bertz CT molecular complexity index is 479. The highest BCUT2D eigenvalue weighted by molar-refractivity contribution is 6.00. The average molecular weight is 262 g/mol. The van der Waals surface area contributed by atoms with Gasteiger partial charge in [-0.1, -0.05) is 6.92 Å². The second kappa shape index (κ2) is 5.82. The van der Waals surface area contributed by atoms with E-state index in [9.17, 15) is 9.59 Å². The molecule has 1 saturated carbocycles. The van der Waals surface area contributed by atoms with Crippen LogP contribution < -0.4 is 5.32 Å². The Morgan fingerprint density at radius 3 is 2.63 bits per heavy atom. The van der Waals surface area contributed by atoms with Crippen molar-refractivity contribution in [2.45, 2.75) is 32.6 Å². The van der Waals surface area contributed by atoms with Gasteiger partial charge in [0.1, 0.15) is 0 Å². The Morgan fingerprint density at radius 1 is 1.32 bits per heavy atom. The van der Waals surface area contributed by atoms with Crippen LogP contribution in [0.2, 0.25) is 0 Å². The first kappa shape index (κ1) is 13.5. The van der Waals surface area contributed by atoms with Crippen molar-refractivity contribution >= 4 is 17.6 Å². The van der Waals surface area contributed by atoms with Crippen molar-refractivity contribution in [3.8, 4) is 0 Å². The number of hydrogen-bond acceptors (Lipinski definition) is 3. The molecule has 1 aliphatic carbocycles. The SMILES string of the molecule is CC1CCC(C(=O)Nc2cnccc2C(=O)O)CC1. The number of carboxylic acids is 1. The van der Waals surface area contributed by atoms with Gasteiger partial charge in [-0.3, -0.25) is 9.78 Å². The fourth-order valence-corrected chi connectivity index (χ4v) is 2.44. The first-order valence-corrected chi connectivity index (χ1v) is 6.56. The van der Waals surface area contributed by atoms with E-state index in [0.29, 0.717) is 5.92 Å². The zero-order valence-corrected chi connectivity index (χ0v) is 10.9. The van der Waals surface area contributed by atoms with Gasteiger partial charge < -0.3 is 10.4 Å². The molecule has 19 heavy (non-hydrogen) atoms. The Kier molecular flexibility index (Phi) is 4.14. The van der Waals surface area contributed by atoms with E-state index in [0.717, 1.165) is 25.7 Å². The van der Waals surface area contributed by atoms with Crippen LogP contribution in [0.1, 0.15) is 43.0 Å². The molecule has 5 heteroatoms. The molecule has 2 N–H and O–H groups in total. The molecule has 0 atom stereocenters. The van der Waals surface area contributed by atoms with Gasteiger partial charge in [-0.2, -0.15) is 0 Å². The molecule has 1 amide bonds. The third-order valence-corrected chi connectivity index (χ3v) is 3.70. The second-order valence-electron chi connectivity index (χ2n) is 5.17. The highest BCUT2D eigenvalue weighted by Crippen LogP contribution is 2.29. The zero-order valence-electron chi connectivity index (χ0n) is 10.9. The predicted molar refractivity (Wildman–Crippen MR) is 70.9 cm³/mol. The molecule has 2 rings (SSSR count). The lowest BCUT2D eigenvalue weighted by molar-refractivity contribution is -0.121. The van der Waals surface area contributed by atoms with Crippen LogP contribution in [0.4, 0.5) is 5.69 Å². The Morgan fingerprint density at radius 2 is 2.00 bits per heavy atom. The van der Waals surface area contributed by atoms with Crippen LogP contribution in [-0.4, -0.2) is 22.0 Å². The standard InChI is InChI=1S/C14H18N2O3/c1-9-2-4-10(5-3-9)13(17)16-12-8-15-7-6-11(12)14(18)19/h6-10H,2-5H2,1H3,(H,16,17)(H,18,19). The lowest BCUT2D eigenvalue weighted by Gasteiger charge is -2.25. The number of anilines is 1. The van der Waals surface area contributed by atoms with Gasteiger partial charge in [0, 0.05) is 12.1 Å². The van der Waals surface area contributed by atoms with Crippen molar-refractivity contribution in [3.05, 3.63) is 24.0 Å². The Balaban J connectivity index is 2.05. The molecule has 102 valence electrons. The largest absolute Gasteiger partial charge is 0.478 e. The number of aromatic carboxylic acids is 1. The number of nitrogens with one attached hydrogen (secondary N) is 1. The maximum Gasteiger partial charge on any atom is 0.337 e. The minimum atomic E-state index is -1.06. The van der Waals surface area contributed by atoms with Gasteiger partial charge in [0.15, 0.2) is 0 Å². The van der Waals surface area contributed by atoms with Crippen LogP contribution in [0, 0.1) is 11.8 Å². The quantitative estimate of drug-likeness (QED) is 0.877. The van der Waals surface area contributed by atoms with E-state index in [2.05, 4.69) is 17.2 Å². The van der Waals surface area contributed by atoms with Crippen molar-refractivity contribution in [2.24, 2.45) is 11.8 Å². The highest BCUT2D eigenvalue weighted by Gasteiger charge is 2.25. The molecule has 0 aromatic carbocycles. The topological polar surface area (TPSA) is 79.3 Å². The van der Waals surface area contributed by atoms with Crippen LogP contribution in [0.15, 0.2) is 18.5 Å². The van der Waals surface area contributed by atoms with Gasteiger partial charge in [0.25, 0.3) is 0 Å². The van der Waals surface area contributed by atoms with E-state index in [-0.39, 0.29) is 23.1 Å². The van der Waals surface area contributed by atoms with Gasteiger partial charge in [-0.25, -0.2) is 4.79 Å². The summed E-state index contributed by atoms with van der Waals surface area (Å²) in [5.74, 6) is -0.493. The number of carbonyl (C=O) groups is 2. The van der Waals surface area contributed by atoms with E-state index in [1.165, 1.54) is 18.5 Å². The van der Waals surface area contributed by atoms with E-state index >= 15 is 0 Å². The lowest BCUT2D eigenvalue weighted by atomic mass is 9.82. The highest BCUT2D eigenvalue weighted by atomic mass is 16.4. The predicted octanol–water partition coefficient (Wildman–Crippen LogP) is 2.54. The number of carboxylic acid groups (broad SMARTS) is 1. The Hall–Kier alpha value is -1.91. The monoisotopic (exact) mass is 262 g/mol. The summed E-state index contributed by atoms with van der Waals surface area (Å²) in [7, 11) is 0. The Labute approximate surface area is 112 Å². The molecule has 1 aromatic heterocycles. The summed E-state index contributed by atoms with van der Waals surface area (Å²) in [6, 6.07) is 1.39. The molecule has 1 aliphatic rings. The number of rotatable bonds is 3. The van der Waals surface area contributed by atoms with Crippen molar-refractivity contribution in [2.75, 3.05) is 5.32 Å². The van der Waals surface area contributed by atoms with E-state index in [1.54, 1.807) is 0 Å². The first-order valence-electron chi connectivity index (χ1n) is 6.56. The molecule has 0 radical (unpaired) electrons. The number of carbonyl (C=O) groups excluding carboxylic acids is 1. The fraction of sp³-hybridized carbons (Fsp3) is 0.500. The van der Waals surface area contributed by atoms with E-state index in [1.807, 2.05) is 0 Å². The minimum Gasteiger partial charge on any atom is -0.478 e. The van der Waals surface area contributed by atoms with Gasteiger partial charge in [0.05, 0.1) is 17.4 Å². The number of hydrogen-bond donors (Lipinski definition) is 2. The molecular formula is C14H18N2O3. The summed E-state index contributed by atoms with van der Waals surface area (Å²) in [4.78, 5) is 27.0. The summed E-state index contributed by atoms with van der Waals surface area (Å²) in [6.07, 6.45) is 6.63. The molecule has 0 spiro atoms. The second-order valence-corrected chi connectivity index (χ2v) is 5.17. The molecule has 1 heterocycles. The third-order valence-electron chi connectivity index (χ3n) is 3.70. The molecule has 0 aliphatic heterocycles. The number of amides is 1. The molecular weight excluding hydrogens is 244 g/mol. The summed E-state index contributed by atoms with van der Waals surface area (Å²) in [6.45, 7) is 2.19. The minimum absolute atomic E-state index is 0.0157. The summed E-state index contributed by atoms with van der Waals surface area (Å²) >= 11 is 0. The third kappa shape index (κ3) is 3.30. The zero-order chi connectivity index (χ0) is 13.8. The van der Waals surface area contributed by atoms with Gasteiger partial charge in [-0.15, -0.1) is 0 Å². The van der Waals surface area contributed by atoms with Crippen molar-refractivity contribution in [3.63, 3.8) is 0 Å². The fourth-order valence-electron chi connectivity index (χ4n) is 2.44. The summed E-state index contributed by atoms with van der Waals surface area (Å²) in [5, 5.41) is 11.7. The van der Waals surface area contributed by atoms with Crippen molar-refractivity contribution in [1.82, 2.24) is 4.98 Å². The van der Waals surface area contributed by atoms with Crippen LogP contribution in [0.5, 0.6) is 0 Å². The van der Waals surface area contributed by atoms with Crippen molar-refractivity contribution in [1.29, 1.82) is 0 Å². The molecule has 0 bridgehead atoms. The smallest absolute Gasteiger partial charge is 0.337 e. The summed E-state index contributed by atoms with van der Waals surface area (Å²) < 4.78 is 0. The molecule has 1 aromatic rings. The van der Waals surface area contributed by atoms with Crippen LogP contribution in [0.3, 0.4) is 0 Å². The number of aromatic nitrogens is 1. The van der Waals surface area contributed by atoms with Gasteiger partial charge >= 0.3 is 5.97 Å². The maximum atomic E-state index is 12.1. The van der Waals surface area contributed by atoms with Gasteiger partial charge in [0.2, 0.25) is 5.91 Å². The van der Waals surface area contributed by atoms with Crippen molar-refractivity contribution < 1.29 is 14.7 Å². The number of pyridine rings is 1. The lowest BCUT2D eigenvalue weighted by Crippen LogP contribution is -2.27. The molecule has 5 nitrogen and oxygen atoms in total. The first-order chi connectivity index (χ1) is 9.08. The van der Waals surface area contributed by atoms with Crippen LogP contribution in [-0.2, 0) is 4.79 Å². The van der Waals surface area contributed by atoms with Crippen LogP contribution >= 0.6 is 0 Å². The molecule has 0 unspecified atom stereocenters. The van der Waals surface area contributed by atoms with Gasteiger partial charge in [-0.05, 0) is 37.7 Å². The van der Waals surface area contributed by atoms with E-state index in [4.69, 9.17) is 5.11 Å². The normalized spacial score (nSPS) is 22.8. The van der Waals surface area contributed by atoms with Crippen LogP contribution in [0.25, 0.3) is 0 Å². The molecule has 1 fully saturated rings. The number of nitrogens with zero attached hydrogens (tertiary/aromatic N) is 1. The molecule has 0 saturated heterocycles. The average Bonchev–Trinajstić information content (AvgIpc) is 2.39. The maximum absolute atomic E-state index is 12.1. The van der Waals surface area contributed by atoms with E-state index < -0.39 is 5.97 Å². The summed E-state index contributed by atoms with van der Waals surface area (Å²) in [5.41, 5.74) is 0.353.